The van der Waals surface area contributed by atoms with E-state index in [4.69, 9.17) is 4.99 Å². The molecule has 3 rings (SSSR count). The molecule has 0 saturated carbocycles. The minimum Gasteiger partial charge on any atom is -0.369 e. The van der Waals surface area contributed by atoms with Crippen molar-refractivity contribution in [2.75, 3.05) is 31.1 Å². The van der Waals surface area contributed by atoms with E-state index in [0.717, 1.165) is 56.2 Å². The van der Waals surface area contributed by atoms with E-state index in [0.29, 0.717) is 6.54 Å². The highest BCUT2D eigenvalue weighted by Crippen LogP contribution is 2.20. The summed E-state index contributed by atoms with van der Waals surface area (Å²) in [6.07, 6.45) is 4.94. The van der Waals surface area contributed by atoms with E-state index in [1.165, 1.54) is 11.6 Å². The third kappa shape index (κ3) is 5.94. The lowest BCUT2D eigenvalue weighted by atomic mass is 10.0. The third-order valence-corrected chi connectivity index (χ3v) is 4.92. The van der Waals surface area contributed by atoms with Crippen LogP contribution >= 0.6 is 0 Å². The lowest BCUT2D eigenvalue weighted by molar-refractivity contribution is 0.467. The molecule has 1 aromatic heterocycles. The van der Waals surface area contributed by atoms with Crippen molar-refractivity contribution in [3.63, 3.8) is 0 Å². The van der Waals surface area contributed by atoms with Crippen LogP contribution in [0.3, 0.4) is 0 Å². The Morgan fingerprint density at radius 3 is 2.96 bits per heavy atom. The summed E-state index contributed by atoms with van der Waals surface area (Å²) in [5, 5.41) is 6.89. The molecule has 28 heavy (non-hydrogen) atoms. The van der Waals surface area contributed by atoms with Crippen molar-refractivity contribution in [3.05, 3.63) is 59.7 Å². The van der Waals surface area contributed by atoms with Crippen molar-refractivity contribution in [1.29, 1.82) is 0 Å². The summed E-state index contributed by atoms with van der Waals surface area (Å²) in [5.41, 5.74) is 3.17. The first-order chi connectivity index (χ1) is 13.6. The smallest absolute Gasteiger partial charge is 0.191 e. The number of guanidine groups is 1. The molecule has 1 fully saturated rings. The first-order valence-corrected chi connectivity index (χ1v) is 10.1. The standard InChI is InChI=1S/C22H30FN5/c1-3-24-22(25-12-11-18-10-9-17(2)26-15-18)27-20-7-5-13-28(16-20)21-8-4-6-19(23)14-21/h4,6,8-10,14-15,20H,3,5,7,11-13,16H2,1-2H3,(H2,24,25,27). The molecule has 2 heterocycles. The quantitative estimate of drug-likeness (QED) is 0.594. The molecule has 1 unspecified atom stereocenters. The van der Waals surface area contributed by atoms with Gasteiger partial charge in [0.05, 0.1) is 0 Å². The van der Waals surface area contributed by atoms with Gasteiger partial charge in [0.2, 0.25) is 0 Å². The van der Waals surface area contributed by atoms with Crippen molar-refractivity contribution in [2.45, 2.75) is 39.2 Å². The van der Waals surface area contributed by atoms with Gasteiger partial charge in [0.15, 0.2) is 5.96 Å². The normalized spacial score (nSPS) is 17.5. The Balaban J connectivity index is 1.57. The molecule has 0 spiro atoms. The SMILES string of the molecule is CCNC(=NCCc1ccc(C)nc1)NC1CCCN(c2cccc(F)c2)C1. The van der Waals surface area contributed by atoms with Crippen molar-refractivity contribution in [3.8, 4) is 0 Å². The summed E-state index contributed by atoms with van der Waals surface area (Å²) in [5.74, 6) is 0.654. The van der Waals surface area contributed by atoms with E-state index in [-0.39, 0.29) is 11.9 Å². The second-order valence-corrected chi connectivity index (χ2v) is 7.23. The van der Waals surface area contributed by atoms with E-state index >= 15 is 0 Å². The van der Waals surface area contributed by atoms with Crippen molar-refractivity contribution >= 4 is 11.6 Å². The van der Waals surface area contributed by atoms with Gasteiger partial charge in [-0.1, -0.05) is 12.1 Å². The fraction of sp³-hybridized carbons (Fsp3) is 0.455. The van der Waals surface area contributed by atoms with Gasteiger partial charge in [0, 0.05) is 49.8 Å². The Hall–Kier alpha value is -2.63. The number of pyridine rings is 1. The number of nitrogens with zero attached hydrogens (tertiary/aromatic N) is 3. The Kier molecular flexibility index (Phi) is 7.23. The predicted octanol–water partition coefficient (Wildman–Crippen LogP) is 3.30. The molecular weight excluding hydrogens is 353 g/mol. The maximum atomic E-state index is 13.6. The van der Waals surface area contributed by atoms with Crippen LogP contribution in [0.25, 0.3) is 0 Å². The minimum absolute atomic E-state index is 0.187. The largest absolute Gasteiger partial charge is 0.369 e. The molecule has 5 nitrogen and oxygen atoms in total. The summed E-state index contributed by atoms with van der Waals surface area (Å²) in [6.45, 7) is 7.39. The molecule has 1 atom stereocenters. The van der Waals surface area contributed by atoms with Crippen LogP contribution in [-0.2, 0) is 6.42 Å². The van der Waals surface area contributed by atoms with Crippen molar-refractivity contribution in [1.82, 2.24) is 15.6 Å². The molecule has 0 radical (unpaired) electrons. The Morgan fingerprint density at radius 2 is 2.21 bits per heavy atom. The number of hydrogen-bond donors (Lipinski definition) is 2. The van der Waals surface area contributed by atoms with Crippen LogP contribution in [0.4, 0.5) is 10.1 Å². The Morgan fingerprint density at radius 1 is 1.32 bits per heavy atom. The zero-order chi connectivity index (χ0) is 19.8. The Labute approximate surface area is 167 Å². The number of rotatable bonds is 6. The van der Waals surface area contributed by atoms with Gasteiger partial charge in [0.25, 0.3) is 0 Å². The molecule has 150 valence electrons. The summed E-state index contributed by atoms with van der Waals surface area (Å²) in [6, 6.07) is 11.3. The number of anilines is 1. The number of nitrogens with one attached hydrogen (secondary N) is 2. The molecule has 2 aromatic rings. The number of aliphatic imine (C=N–C) groups is 1. The van der Waals surface area contributed by atoms with Crippen LogP contribution in [0, 0.1) is 12.7 Å². The molecule has 0 aliphatic carbocycles. The average Bonchev–Trinajstić information content (AvgIpc) is 2.70. The second-order valence-electron chi connectivity index (χ2n) is 7.23. The lowest BCUT2D eigenvalue weighted by Crippen LogP contribution is -2.51. The number of aromatic nitrogens is 1. The van der Waals surface area contributed by atoms with Gasteiger partial charge in [-0.15, -0.1) is 0 Å². The predicted molar refractivity (Wildman–Crippen MR) is 113 cm³/mol. The first-order valence-electron chi connectivity index (χ1n) is 10.1. The van der Waals surface area contributed by atoms with Crippen LogP contribution in [0.15, 0.2) is 47.6 Å². The van der Waals surface area contributed by atoms with Crippen LogP contribution in [-0.4, -0.2) is 43.2 Å². The summed E-state index contributed by atoms with van der Waals surface area (Å²) < 4.78 is 13.6. The van der Waals surface area contributed by atoms with E-state index in [9.17, 15) is 4.39 Å². The zero-order valence-corrected chi connectivity index (χ0v) is 16.8. The van der Waals surface area contributed by atoms with Crippen LogP contribution < -0.4 is 15.5 Å². The fourth-order valence-corrected chi connectivity index (χ4v) is 3.46. The third-order valence-electron chi connectivity index (χ3n) is 4.92. The summed E-state index contributed by atoms with van der Waals surface area (Å²) in [4.78, 5) is 11.3. The van der Waals surface area contributed by atoms with Gasteiger partial charge in [0.1, 0.15) is 5.82 Å². The Bertz CT molecular complexity index is 775. The summed E-state index contributed by atoms with van der Waals surface area (Å²) >= 11 is 0. The maximum absolute atomic E-state index is 13.6. The second kappa shape index (κ2) is 10.1. The molecule has 6 heteroatoms. The van der Waals surface area contributed by atoms with Gasteiger partial charge in [-0.25, -0.2) is 4.39 Å². The van der Waals surface area contributed by atoms with Gasteiger partial charge in [-0.05, 0) is 62.9 Å². The van der Waals surface area contributed by atoms with Gasteiger partial charge >= 0.3 is 0 Å². The van der Waals surface area contributed by atoms with Gasteiger partial charge in [-0.2, -0.15) is 0 Å². The molecule has 1 saturated heterocycles. The van der Waals surface area contributed by atoms with E-state index in [1.807, 2.05) is 25.3 Å². The number of benzene rings is 1. The highest BCUT2D eigenvalue weighted by Gasteiger charge is 2.21. The molecule has 2 N–H and O–H groups in total. The van der Waals surface area contributed by atoms with Crippen LogP contribution in [0.1, 0.15) is 31.0 Å². The molecule has 0 bridgehead atoms. The van der Waals surface area contributed by atoms with E-state index in [2.05, 4.69) is 33.5 Å². The molecule has 0 amide bonds. The van der Waals surface area contributed by atoms with Gasteiger partial charge < -0.3 is 15.5 Å². The molecular formula is C22H30FN5. The summed E-state index contributed by atoms with van der Waals surface area (Å²) in [7, 11) is 0. The first kappa shape index (κ1) is 20.1. The number of aryl methyl sites for hydroxylation is 1. The van der Waals surface area contributed by atoms with Crippen molar-refractivity contribution in [2.24, 2.45) is 4.99 Å². The number of halogens is 1. The molecule has 1 aliphatic heterocycles. The molecule has 1 aliphatic rings. The molecule has 1 aromatic carbocycles. The highest BCUT2D eigenvalue weighted by atomic mass is 19.1. The van der Waals surface area contributed by atoms with Crippen LogP contribution in [0.2, 0.25) is 0 Å². The number of piperidine rings is 1. The maximum Gasteiger partial charge on any atom is 0.191 e. The topological polar surface area (TPSA) is 52.6 Å². The number of hydrogen-bond acceptors (Lipinski definition) is 3. The fourth-order valence-electron chi connectivity index (χ4n) is 3.46. The lowest BCUT2D eigenvalue weighted by Gasteiger charge is -2.35. The van der Waals surface area contributed by atoms with E-state index < -0.39 is 0 Å². The van der Waals surface area contributed by atoms with Crippen molar-refractivity contribution < 1.29 is 4.39 Å². The highest BCUT2D eigenvalue weighted by molar-refractivity contribution is 5.80. The zero-order valence-electron chi connectivity index (χ0n) is 16.8. The van der Waals surface area contributed by atoms with Gasteiger partial charge in [-0.3, -0.25) is 9.98 Å². The monoisotopic (exact) mass is 383 g/mol. The van der Waals surface area contributed by atoms with Crippen LogP contribution in [0.5, 0.6) is 0 Å². The average molecular weight is 384 g/mol. The van der Waals surface area contributed by atoms with E-state index in [1.54, 1.807) is 12.1 Å². The minimum atomic E-state index is -0.187.